The Labute approximate surface area is 192 Å². The molecule has 3 rings (SSSR count). The molecule has 8 heteroatoms. The highest BCUT2D eigenvalue weighted by molar-refractivity contribution is 14.0. The molecule has 2 fully saturated rings. The number of halogens is 1. The van der Waals surface area contributed by atoms with Crippen molar-refractivity contribution in [1.29, 1.82) is 0 Å². The number of hydrogen-bond donors (Lipinski definition) is 2. The Kier molecular flexibility index (Phi) is 10.3. The van der Waals surface area contributed by atoms with Gasteiger partial charge in [0.15, 0.2) is 5.96 Å². The largest absolute Gasteiger partial charge is 0.495 e. The minimum atomic E-state index is 0. The molecule has 0 aromatic heterocycles. The number of methoxy groups -OCH3 is 1. The normalized spacial score (nSPS) is 21.4. The van der Waals surface area contributed by atoms with Crippen molar-refractivity contribution in [3.63, 3.8) is 0 Å². The molecular formula is C21H36IN5O2. The lowest BCUT2D eigenvalue weighted by atomic mass is 10.2. The van der Waals surface area contributed by atoms with Crippen LogP contribution in [0, 0.1) is 0 Å². The van der Waals surface area contributed by atoms with Gasteiger partial charge in [-0.3, -0.25) is 9.89 Å². The van der Waals surface area contributed by atoms with Crippen LogP contribution in [0.5, 0.6) is 5.75 Å². The first kappa shape index (κ1) is 24.0. The van der Waals surface area contributed by atoms with E-state index in [2.05, 4.69) is 46.4 Å². The highest BCUT2D eigenvalue weighted by Gasteiger charge is 2.25. The second-order valence-electron chi connectivity index (χ2n) is 7.46. The van der Waals surface area contributed by atoms with Gasteiger partial charge in [-0.15, -0.1) is 24.0 Å². The summed E-state index contributed by atoms with van der Waals surface area (Å²) in [6.45, 7) is 11.6. The van der Waals surface area contributed by atoms with E-state index in [0.29, 0.717) is 12.1 Å². The second-order valence-corrected chi connectivity index (χ2v) is 7.46. The molecule has 29 heavy (non-hydrogen) atoms. The van der Waals surface area contributed by atoms with Crippen molar-refractivity contribution in [2.45, 2.75) is 32.4 Å². The van der Waals surface area contributed by atoms with E-state index in [9.17, 15) is 0 Å². The number of anilines is 1. The number of nitrogens with zero attached hydrogens (tertiary/aromatic N) is 3. The third-order valence-electron chi connectivity index (χ3n) is 5.48. The number of para-hydroxylation sites is 2. The molecule has 0 bridgehead atoms. The SMILES string of the molecule is CCNC(=NCC(C)N1CCOCC1)NC1CCN(c2ccccc2OC)C1.I. The summed E-state index contributed by atoms with van der Waals surface area (Å²) in [6.07, 6.45) is 1.08. The van der Waals surface area contributed by atoms with E-state index in [1.165, 1.54) is 0 Å². The molecule has 2 atom stereocenters. The molecule has 0 radical (unpaired) electrons. The standard InChI is InChI=1S/C21H35N5O2.HI/c1-4-22-21(23-15-17(2)25-11-13-28-14-12-25)24-18-9-10-26(16-18)19-7-5-6-8-20(19)27-3;/h5-8,17-18H,4,9-16H2,1-3H3,(H2,22,23,24);1H. The third kappa shape index (κ3) is 6.89. The summed E-state index contributed by atoms with van der Waals surface area (Å²) in [7, 11) is 1.73. The van der Waals surface area contributed by atoms with E-state index in [1.807, 2.05) is 12.1 Å². The monoisotopic (exact) mass is 517 g/mol. The summed E-state index contributed by atoms with van der Waals surface area (Å²) in [5.41, 5.74) is 1.16. The summed E-state index contributed by atoms with van der Waals surface area (Å²) in [6, 6.07) is 9.03. The topological polar surface area (TPSA) is 61.4 Å². The molecule has 0 aliphatic carbocycles. The number of hydrogen-bond acceptors (Lipinski definition) is 5. The molecule has 0 saturated carbocycles. The molecule has 2 aliphatic heterocycles. The van der Waals surface area contributed by atoms with Crippen molar-refractivity contribution < 1.29 is 9.47 Å². The fraction of sp³-hybridized carbons (Fsp3) is 0.667. The van der Waals surface area contributed by atoms with E-state index >= 15 is 0 Å². The average Bonchev–Trinajstić information content (AvgIpc) is 3.21. The first-order valence-corrected chi connectivity index (χ1v) is 10.5. The van der Waals surface area contributed by atoms with Crippen molar-refractivity contribution in [1.82, 2.24) is 15.5 Å². The number of morpholine rings is 1. The molecule has 2 saturated heterocycles. The molecule has 0 spiro atoms. The Balaban J connectivity index is 0.00000300. The van der Waals surface area contributed by atoms with Gasteiger partial charge in [-0.1, -0.05) is 12.1 Å². The number of rotatable bonds is 7. The second kappa shape index (κ2) is 12.4. The van der Waals surface area contributed by atoms with Crippen LogP contribution in [0.4, 0.5) is 5.69 Å². The zero-order valence-electron chi connectivity index (χ0n) is 17.9. The van der Waals surface area contributed by atoms with Crippen molar-refractivity contribution in [3.05, 3.63) is 24.3 Å². The van der Waals surface area contributed by atoms with Gasteiger partial charge in [0.1, 0.15) is 5.75 Å². The van der Waals surface area contributed by atoms with Gasteiger partial charge < -0.3 is 25.0 Å². The van der Waals surface area contributed by atoms with Crippen LogP contribution in [-0.4, -0.2) is 82.5 Å². The Hall–Kier alpha value is -1.26. The highest BCUT2D eigenvalue weighted by atomic mass is 127. The van der Waals surface area contributed by atoms with Crippen LogP contribution < -0.4 is 20.3 Å². The van der Waals surface area contributed by atoms with Crippen molar-refractivity contribution in [2.24, 2.45) is 4.99 Å². The fourth-order valence-electron chi connectivity index (χ4n) is 3.86. The van der Waals surface area contributed by atoms with Gasteiger partial charge in [0, 0.05) is 44.8 Å². The fourth-order valence-corrected chi connectivity index (χ4v) is 3.86. The van der Waals surface area contributed by atoms with E-state index in [-0.39, 0.29) is 24.0 Å². The lowest BCUT2D eigenvalue weighted by Gasteiger charge is -2.31. The Morgan fingerprint density at radius 3 is 2.76 bits per heavy atom. The van der Waals surface area contributed by atoms with Crippen molar-refractivity contribution in [3.8, 4) is 5.75 Å². The Morgan fingerprint density at radius 2 is 2.03 bits per heavy atom. The van der Waals surface area contributed by atoms with Crippen LogP contribution >= 0.6 is 24.0 Å². The molecule has 2 N–H and O–H groups in total. The first-order valence-electron chi connectivity index (χ1n) is 10.5. The minimum Gasteiger partial charge on any atom is -0.495 e. The molecule has 0 amide bonds. The number of ether oxygens (including phenoxy) is 2. The smallest absolute Gasteiger partial charge is 0.191 e. The molecule has 7 nitrogen and oxygen atoms in total. The molecule has 1 aromatic carbocycles. The van der Waals surface area contributed by atoms with Gasteiger partial charge in [0.25, 0.3) is 0 Å². The summed E-state index contributed by atoms with van der Waals surface area (Å²) in [5.74, 6) is 1.84. The first-order chi connectivity index (χ1) is 13.7. The van der Waals surface area contributed by atoms with Crippen LogP contribution in [0.15, 0.2) is 29.3 Å². The predicted octanol–water partition coefficient (Wildman–Crippen LogP) is 2.17. The lowest BCUT2D eigenvalue weighted by Crippen LogP contribution is -2.46. The van der Waals surface area contributed by atoms with E-state index in [1.54, 1.807) is 7.11 Å². The van der Waals surface area contributed by atoms with Gasteiger partial charge in [-0.25, -0.2) is 0 Å². The molecule has 1 aromatic rings. The maximum Gasteiger partial charge on any atom is 0.191 e. The van der Waals surface area contributed by atoms with Gasteiger partial charge in [-0.05, 0) is 32.4 Å². The van der Waals surface area contributed by atoms with Crippen molar-refractivity contribution in [2.75, 3.05) is 64.5 Å². The maximum absolute atomic E-state index is 5.52. The highest BCUT2D eigenvalue weighted by Crippen LogP contribution is 2.30. The Morgan fingerprint density at radius 1 is 1.28 bits per heavy atom. The zero-order valence-corrected chi connectivity index (χ0v) is 20.2. The molecular weight excluding hydrogens is 481 g/mol. The number of nitrogens with one attached hydrogen (secondary N) is 2. The minimum absolute atomic E-state index is 0. The van der Waals surface area contributed by atoms with Crippen LogP contribution in [-0.2, 0) is 4.74 Å². The summed E-state index contributed by atoms with van der Waals surface area (Å²) in [5, 5.41) is 7.02. The summed E-state index contributed by atoms with van der Waals surface area (Å²) >= 11 is 0. The van der Waals surface area contributed by atoms with Crippen LogP contribution in [0.2, 0.25) is 0 Å². The van der Waals surface area contributed by atoms with Gasteiger partial charge in [0.2, 0.25) is 0 Å². The number of guanidine groups is 1. The lowest BCUT2D eigenvalue weighted by molar-refractivity contribution is 0.0220. The Bertz CT molecular complexity index is 639. The van der Waals surface area contributed by atoms with E-state index < -0.39 is 0 Å². The maximum atomic E-state index is 5.52. The van der Waals surface area contributed by atoms with Crippen LogP contribution in [0.1, 0.15) is 20.3 Å². The molecule has 2 aliphatic rings. The van der Waals surface area contributed by atoms with Crippen LogP contribution in [0.25, 0.3) is 0 Å². The number of aliphatic imine (C=N–C) groups is 1. The van der Waals surface area contributed by atoms with Gasteiger partial charge in [-0.2, -0.15) is 0 Å². The summed E-state index contributed by atoms with van der Waals surface area (Å²) in [4.78, 5) is 9.69. The average molecular weight is 517 g/mol. The van der Waals surface area contributed by atoms with E-state index in [4.69, 9.17) is 14.5 Å². The molecule has 2 unspecified atom stereocenters. The van der Waals surface area contributed by atoms with Crippen LogP contribution in [0.3, 0.4) is 0 Å². The van der Waals surface area contributed by atoms with E-state index in [0.717, 1.165) is 76.3 Å². The predicted molar refractivity (Wildman–Crippen MR) is 130 cm³/mol. The van der Waals surface area contributed by atoms with Gasteiger partial charge in [0.05, 0.1) is 32.6 Å². The summed E-state index contributed by atoms with van der Waals surface area (Å²) < 4.78 is 11.0. The third-order valence-corrected chi connectivity index (χ3v) is 5.48. The quantitative estimate of drug-likeness (QED) is 0.329. The zero-order chi connectivity index (χ0) is 19.8. The molecule has 2 heterocycles. The number of benzene rings is 1. The van der Waals surface area contributed by atoms with Gasteiger partial charge >= 0.3 is 0 Å². The van der Waals surface area contributed by atoms with Crippen molar-refractivity contribution >= 4 is 35.6 Å². The molecule has 164 valence electrons.